The van der Waals surface area contributed by atoms with Crippen LogP contribution in [0.3, 0.4) is 0 Å². The first kappa shape index (κ1) is 13.4. The molecule has 2 aromatic rings. The Bertz CT molecular complexity index is 630. The van der Waals surface area contributed by atoms with Crippen molar-refractivity contribution in [1.82, 2.24) is 15.0 Å². The molecule has 0 bridgehead atoms. The summed E-state index contributed by atoms with van der Waals surface area (Å²) in [5, 5.41) is 10.5. The molecule has 0 saturated heterocycles. The molecule has 0 spiro atoms. The smallest absolute Gasteiger partial charge is 0.327 e. The molecule has 7 nitrogen and oxygen atoms in total. The number of nitrogens with zero attached hydrogens (tertiary/aromatic N) is 4. The van der Waals surface area contributed by atoms with Crippen LogP contribution in [0.5, 0.6) is 11.8 Å². The average Bonchev–Trinajstić information content (AvgIpc) is 2.26. The summed E-state index contributed by atoms with van der Waals surface area (Å²) in [6.45, 7) is 1.60. The molecule has 0 radical (unpaired) electrons. The summed E-state index contributed by atoms with van der Waals surface area (Å²) >= 11 is 11.2. The highest BCUT2D eigenvalue weighted by Crippen LogP contribution is 2.26. The van der Waals surface area contributed by atoms with Gasteiger partial charge in [0.15, 0.2) is 0 Å². The molecule has 1 heterocycles. The largest absolute Gasteiger partial charge is 0.424 e. The van der Waals surface area contributed by atoms with Gasteiger partial charge in [0.25, 0.3) is 5.69 Å². The third kappa shape index (κ3) is 3.27. The van der Waals surface area contributed by atoms with E-state index in [1.54, 1.807) is 6.92 Å². The Labute approximate surface area is 117 Å². The zero-order chi connectivity index (χ0) is 14.0. The van der Waals surface area contributed by atoms with E-state index < -0.39 is 4.92 Å². The van der Waals surface area contributed by atoms with Gasteiger partial charge in [0.1, 0.15) is 5.75 Å². The normalized spacial score (nSPS) is 10.3. The maximum atomic E-state index is 10.7. The maximum absolute atomic E-state index is 10.7. The number of aryl methyl sites for hydroxylation is 1. The zero-order valence-electron chi connectivity index (χ0n) is 9.50. The van der Waals surface area contributed by atoms with Crippen molar-refractivity contribution in [3.8, 4) is 11.8 Å². The monoisotopic (exact) mass is 300 g/mol. The number of hydrogen-bond donors (Lipinski definition) is 0. The van der Waals surface area contributed by atoms with E-state index >= 15 is 0 Å². The van der Waals surface area contributed by atoms with Gasteiger partial charge in [-0.15, -0.1) is 0 Å². The van der Waals surface area contributed by atoms with Crippen LogP contribution < -0.4 is 4.74 Å². The summed E-state index contributed by atoms with van der Waals surface area (Å²) in [5.41, 5.74) is 0.452. The predicted octanol–water partition coefficient (Wildman–Crippen LogP) is 3.19. The molecule has 0 aliphatic heterocycles. The van der Waals surface area contributed by atoms with Crippen molar-refractivity contribution < 1.29 is 9.66 Å². The molecule has 1 aromatic carbocycles. The fraction of sp³-hybridized carbons (Fsp3) is 0.100. The molecule has 0 amide bonds. The van der Waals surface area contributed by atoms with Crippen molar-refractivity contribution in [3.05, 3.63) is 44.4 Å². The first-order valence-corrected chi connectivity index (χ1v) is 5.71. The lowest BCUT2D eigenvalue weighted by atomic mass is 10.2. The van der Waals surface area contributed by atoms with Gasteiger partial charge in [0.2, 0.25) is 10.6 Å². The van der Waals surface area contributed by atoms with Gasteiger partial charge in [-0.05, 0) is 42.3 Å². The van der Waals surface area contributed by atoms with Gasteiger partial charge in [-0.3, -0.25) is 10.1 Å². The Morgan fingerprint density at radius 1 is 1.21 bits per heavy atom. The van der Waals surface area contributed by atoms with Crippen LogP contribution in [0.1, 0.15) is 5.56 Å². The number of hydrogen-bond acceptors (Lipinski definition) is 6. The molecule has 0 aliphatic rings. The first-order valence-electron chi connectivity index (χ1n) is 4.95. The Morgan fingerprint density at radius 3 is 2.37 bits per heavy atom. The number of ether oxygens (including phenoxy) is 1. The topological polar surface area (TPSA) is 91.0 Å². The summed E-state index contributed by atoms with van der Waals surface area (Å²) in [7, 11) is 0. The van der Waals surface area contributed by atoms with E-state index in [9.17, 15) is 10.1 Å². The van der Waals surface area contributed by atoms with Crippen molar-refractivity contribution in [2.75, 3.05) is 0 Å². The number of rotatable bonds is 3. The average molecular weight is 301 g/mol. The van der Waals surface area contributed by atoms with E-state index in [0.29, 0.717) is 11.3 Å². The predicted molar refractivity (Wildman–Crippen MR) is 67.8 cm³/mol. The molecule has 0 unspecified atom stereocenters. The maximum Gasteiger partial charge on any atom is 0.327 e. The third-order valence-corrected chi connectivity index (χ3v) is 2.47. The summed E-state index contributed by atoms with van der Waals surface area (Å²) in [6, 6.07) is 4.16. The quantitative estimate of drug-likeness (QED) is 0.638. The second-order valence-electron chi connectivity index (χ2n) is 3.46. The van der Waals surface area contributed by atoms with Crippen molar-refractivity contribution in [1.29, 1.82) is 0 Å². The number of benzene rings is 1. The highest BCUT2D eigenvalue weighted by Gasteiger charge is 2.12. The van der Waals surface area contributed by atoms with Crippen LogP contribution in [-0.4, -0.2) is 19.9 Å². The molecule has 9 heteroatoms. The van der Waals surface area contributed by atoms with Crippen LogP contribution in [-0.2, 0) is 0 Å². The lowest BCUT2D eigenvalue weighted by molar-refractivity contribution is -0.385. The van der Waals surface area contributed by atoms with E-state index in [1.165, 1.54) is 18.2 Å². The molecule has 0 atom stereocenters. The van der Waals surface area contributed by atoms with Crippen LogP contribution in [0.4, 0.5) is 5.69 Å². The minimum absolute atomic E-state index is 0.000869. The van der Waals surface area contributed by atoms with Crippen LogP contribution in [0.25, 0.3) is 0 Å². The molecule has 1 aromatic heterocycles. The molecule has 0 saturated carbocycles. The standard InChI is InChI=1S/C10H6Cl2N4O3/c1-5-4-6(2-3-7(5)16(17)18)19-10-14-8(11)13-9(12)15-10/h2-4H,1H3. The first-order chi connectivity index (χ1) is 8.95. The second-order valence-corrected chi connectivity index (χ2v) is 4.14. The molecule has 0 aliphatic carbocycles. The Hall–Kier alpha value is -1.99. The number of halogens is 2. The van der Waals surface area contributed by atoms with E-state index in [1.807, 2.05) is 0 Å². The molecule has 0 N–H and O–H groups in total. The summed E-state index contributed by atoms with van der Waals surface area (Å²) < 4.78 is 5.30. The lowest BCUT2D eigenvalue weighted by Crippen LogP contribution is -1.96. The van der Waals surface area contributed by atoms with E-state index in [0.717, 1.165) is 0 Å². The number of nitro groups is 1. The van der Waals surface area contributed by atoms with Crippen molar-refractivity contribution >= 4 is 28.9 Å². The fourth-order valence-corrected chi connectivity index (χ4v) is 1.70. The van der Waals surface area contributed by atoms with Crippen molar-refractivity contribution in [2.24, 2.45) is 0 Å². The van der Waals surface area contributed by atoms with Gasteiger partial charge in [-0.2, -0.15) is 15.0 Å². The van der Waals surface area contributed by atoms with Gasteiger partial charge in [0.05, 0.1) is 4.92 Å². The molecular formula is C10H6Cl2N4O3. The van der Waals surface area contributed by atoms with Gasteiger partial charge in [-0.25, -0.2) is 0 Å². The molecule has 0 fully saturated rings. The second kappa shape index (κ2) is 5.33. The van der Waals surface area contributed by atoms with E-state index in [2.05, 4.69) is 15.0 Å². The fourth-order valence-electron chi connectivity index (χ4n) is 1.36. The minimum atomic E-state index is -0.476. The molecule has 19 heavy (non-hydrogen) atoms. The van der Waals surface area contributed by atoms with E-state index in [4.69, 9.17) is 27.9 Å². The van der Waals surface area contributed by atoms with Crippen molar-refractivity contribution in [2.45, 2.75) is 6.92 Å². The summed E-state index contributed by atoms with van der Waals surface area (Å²) in [4.78, 5) is 21.2. The van der Waals surface area contributed by atoms with Crippen molar-refractivity contribution in [3.63, 3.8) is 0 Å². The van der Waals surface area contributed by atoms with Gasteiger partial charge < -0.3 is 4.74 Å². The van der Waals surface area contributed by atoms with Gasteiger partial charge in [-0.1, -0.05) is 0 Å². The van der Waals surface area contributed by atoms with Crippen LogP contribution in [0, 0.1) is 17.0 Å². The van der Waals surface area contributed by atoms with E-state index in [-0.39, 0.29) is 22.3 Å². The highest BCUT2D eigenvalue weighted by atomic mass is 35.5. The third-order valence-electron chi connectivity index (χ3n) is 2.13. The van der Waals surface area contributed by atoms with Crippen LogP contribution >= 0.6 is 23.2 Å². The Morgan fingerprint density at radius 2 is 1.84 bits per heavy atom. The Balaban J connectivity index is 2.28. The molecular weight excluding hydrogens is 295 g/mol. The molecule has 98 valence electrons. The summed E-state index contributed by atoms with van der Waals surface area (Å²) in [5.74, 6) is 0.335. The minimum Gasteiger partial charge on any atom is -0.424 e. The SMILES string of the molecule is Cc1cc(Oc2nc(Cl)nc(Cl)n2)ccc1[N+](=O)[O-]. The molecule has 2 rings (SSSR count). The zero-order valence-corrected chi connectivity index (χ0v) is 11.0. The lowest BCUT2D eigenvalue weighted by Gasteiger charge is -2.05. The van der Waals surface area contributed by atoms with Gasteiger partial charge >= 0.3 is 6.01 Å². The number of nitro benzene ring substituents is 1. The Kier molecular flexibility index (Phi) is 3.77. The van der Waals surface area contributed by atoms with Gasteiger partial charge in [0, 0.05) is 11.6 Å². The van der Waals surface area contributed by atoms with Crippen LogP contribution in [0.2, 0.25) is 10.6 Å². The highest BCUT2D eigenvalue weighted by molar-refractivity contribution is 6.31. The van der Waals surface area contributed by atoms with Crippen LogP contribution in [0.15, 0.2) is 18.2 Å². The summed E-state index contributed by atoms with van der Waals surface area (Å²) in [6.07, 6.45) is 0. The number of aromatic nitrogens is 3.